The number of carbonyl (C=O) groups excluding carboxylic acids is 3. The highest BCUT2D eigenvalue weighted by molar-refractivity contribution is 8.00. The van der Waals surface area contributed by atoms with Gasteiger partial charge in [0.1, 0.15) is 10.9 Å². The molecule has 6 nitrogen and oxygen atoms in total. The molecule has 3 N–H and O–H groups in total. The summed E-state index contributed by atoms with van der Waals surface area (Å²) in [4.78, 5) is 40.4. The summed E-state index contributed by atoms with van der Waals surface area (Å²) in [6.45, 7) is 0. The summed E-state index contributed by atoms with van der Waals surface area (Å²) in [6, 6.07) is 32.0. The first kappa shape index (κ1) is 31.1. The summed E-state index contributed by atoms with van der Waals surface area (Å²) in [5, 5.41) is 12.5. The van der Waals surface area contributed by atoms with Crippen molar-refractivity contribution in [3.63, 3.8) is 0 Å². The summed E-state index contributed by atoms with van der Waals surface area (Å²) >= 11 is 15.2. The molecule has 0 aliphatic heterocycles. The summed E-state index contributed by atoms with van der Waals surface area (Å²) < 4.78 is 0. The van der Waals surface area contributed by atoms with E-state index in [-0.39, 0.29) is 17.5 Å². The Morgan fingerprint density at radius 2 is 1.50 bits per heavy atom. The second kappa shape index (κ2) is 14.9. The molecule has 0 radical (unpaired) electrons. The Balaban J connectivity index is 1.31. The average molecular weight is 659 g/mol. The first-order valence-electron chi connectivity index (χ1n) is 13.3. The van der Waals surface area contributed by atoms with Gasteiger partial charge in [-0.05, 0) is 88.6 Å². The fraction of sp³-hybridized carbons (Fsp3) is 0.0294. The van der Waals surface area contributed by atoms with Crippen molar-refractivity contribution in [3.05, 3.63) is 152 Å². The highest BCUT2D eigenvalue weighted by atomic mass is 35.5. The topological polar surface area (TPSA) is 87.3 Å². The lowest BCUT2D eigenvalue weighted by Crippen LogP contribution is -2.30. The molecular formula is C34H25Cl2N3O3S2. The van der Waals surface area contributed by atoms with E-state index >= 15 is 0 Å². The van der Waals surface area contributed by atoms with Crippen LogP contribution in [0.3, 0.4) is 0 Å². The van der Waals surface area contributed by atoms with E-state index in [0.717, 1.165) is 16.0 Å². The molecular weight excluding hydrogens is 633 g/mol. The second-order valence-electron chi connectivity index (χ2n) is 9.44. The lowest BCUT2D eigenvalue weighted by Gasteiger charge is -2.18. The van der Waals surface area contributed by atoms with Crippen LogP contribution >= 0.6 is 46.3 Å². The summed E-state index contributed by atoms with van der Waals surface area (Å²) in [5.74, 6) is -1.11. The molecule has 5 aromatic rings. The molecule has 220 valence electrons. The number of hydrogen-bond acceptors (Lipinski definition) is 5. The molecule has 0 saturated heterocycles. The van der Waals surface area contributed by atoms with Gasteiger partial charge in [-0.2, -0.15) is 11.3 Å². The van der Waals surface area contributed by atoms with Gasteiger partial charge in [-0.1, -0.05) is 71.7 Å². The van der Waals surface area contributed by atoms with Crippen LogP contribution in [0.15, 0.2) is 131 Å². The van der Waals surface area contributed by atoms with Gasteiger partial charge >= 0.3 is 0 Å². The second-order valence-corrected chi connectivity index (χ2v) is 12.2. The number of rotatable bonds is 10. The van der Waals surface area contributed by atoms with Gasteiger partial charge in [-0.3, -0.25) is 14.4 Å². The summed E-state index contributed by atoms with van der Waals surface area (Å²) in [7, 11) is 0. The number of anilines is 2. The number of thiophene rings is 1. The Morgan fingerprint density at radius 3 is 2.16 bits per heavy atom. The van der Waals surface area contributed by atoms with Crippen molar-refractivity contribution in [2.24, 2.45) is 0 Å². The largest absolute Gasteiger partial charge is 0.323 e. The Hall–Kier alpha value is -4.34. The maximum atomic E-state index is 13.4. The molecule has 4 aromatic carbocycles. The highest BCUT2D eigenvalue weighted by Crippen LogP contribution is 2.37. The van der Waals surface area contributed by atoms with Crippen LogP contribution in [0.25, 0.3) is 6.08 Å². The monoisotopic (exact) mass is 657 g/mol. The van der Waals surface area contributed by atoms with Gasteiger partial charge in [0.15, 0.2) is 0 Å². The van der Waals surface area contributed by atoms with Crippen molar-refractivity contribution in [1.82, 2.24) is 5.32 Å². The standard InChI is InChI=1S/C34H25Cl2N3O3S2/c35-25-11-16-29(28(36)20-25)38-34(42)31(23-7-3-1-4-8-23)44-27-14-12-26(13-15-27)37-33(41)30(19-22-17-18-43-21-22)39-32(40)24-9-5-2-6-10-24/h1-21,31H,(H,37,41)(H,38,42)(H,39,40)/b30-19-. The molecule has 3 amide bonds. The summed E-state index contributed by atoms with van der Waals surface area (Å²) in [5.41, 5.74) is 3.15. The van der Waals surface area contributed by atoms with Gasteiger partial charge in [0, 0.05) is 21.2 Å². The van der Waals surface area contributed by atoms with Gasteiger partial charge in [0.05, 0.1) is 10.7 Å². The van der Waals surface area contributed by atoms with E-state index in [4.69, 9.17) is 23.2 Å². The zero-order valence-corrected chi connectivity index (χ0v) is 26.1. The zero-order valence-electron chi connectivity index (χ0n) is 23.0. The minimum absolute atomic E-state index is 0.109. The minimum Gasteiger partial charge on any atom is -0.323 e. The number of benzene rings is 4. The van der Waals surface area contributed by atoms with Crippen molar-refractivity contribution < 1.29 is 14.4 Å². The van der Waals surface area contributed by atoms with Crippen LogP contribution in [-0.4, -0.2) is 17.7 Å². The van der Waals surface area contributed by atoms with Crippen LogP contribution in [0.1, 0.15) is 26.7 Å². The normalized spacial score (nSPS) is 11.8. The number of nitrogens with one attached hydrogen (secondary N) is 3. The lowest BCUT2D eigenvalue weighted by molar-refractivity contribution is -0.116. The van der Waals surface area contributed by atoms with Crippen molar-refractivity contribution in [2.75, 3.05) is 10.6 Å². The van der Waals surface area contributed by atoms with Gasteiger partial charge in [-0.15, -0.1) is 11.8 Å². The predicted octanol–water partition coefficient (Wildman–Crippen LogP) is 8.94. The first-order chi connectivity index (χ1) is 21.4. The maximum Gasteiger partial charge on any atom is 0.272 e. The fourth-order valence-electron chi connectivity index (χ4n) is 4.11. The number of carbonyl (C=O) groups is 3. The lowest BCUT2D eigenvalue weighted by atomic mass is 10.1. The van der Waals surface area contributed by atoms with Crippen LogP contribution in [0, 0.1) is 0 Å². The number of amides is 3. The Morgan fingerprint density at radius 1 is 0.795 bits per heavy atom. The van der Waals surface area contributed by atoms with Gasteiger partial charge < -0.3 is 16.0 Å². The minimum atomic E-state index is -0.586. The smallest absolute Gasteiger partial charge is 0.272 e. The third kappa shape index (κ3) is 8.39. The van der Waals surface area contributed by atoms with Crippen molar-refractivity contribution >= 4 is 81.5 Å². The van der Waals surface area contributed by atoms with E-state index in [1.54, 1.807) is 60.7 Å². The molecule has 0 saturated carbocycles. The molecule has 1 heterocycles. The van der Waals surface area contributed by atoms with Crippen LogP contribution in [-0.2, 0) is 9.59 Å². The number of halogens is 2. The highest BCUT2D eigenvalue weighted by Gasteiger charge is 2.23. The van der Waals surface area contributed by atoms with Gasteiger partial charge in [0.2, 0.25) is 5.91 Å². The van der Waals surface area contributed by atoms with Crippen LogP contribution in [0.5, 0.6) is 0 Å². The van der Waals surface area contributed by atoms with E-state index in [2.05, 4.69) is 16.0 Å². The third-order valence-corrected chi connectivity index (χ3v) is 8.79. The Kier molecular flexibility index (Phi) is 10.5. The van der Waals surface area contributed by atoms with Gasteiger partial charge in [0.25, 0.3) is 11.8 Å². The SMILES string of the molecule is O=C(Nc1ccc(SC(C(=O)Nc2ccc(Cl)cc2Cl)c2ccccc2)cc1)/C(=C/c1ccsc1)NC(=O)c1ccccc1. The third-order valence-electron chi connectivity index (χ3n) is 6.28. The van der Waals surface area contributed by atoms with Gasteiger partial charge in [-0.25, -0.2) is 0 Å². The molecule has 5 rings (SSSR count). The maximum absolute atomic E-state index is 13.4. The molecule has 0 bridgehead atoms. The van der Waals surface area contributed by atoms with Crippen molar-refractivity contribution in [2.45, 2.75) is 10.1 Å². The van der Waals surface area contributed by atoms with E-state index in [0.29, 0.717) is 27.0 Å². The van der Waals surface area contributed by atoms with E-state index in [1.165, 1.54) is 23.1 Å². The molecule has 44 heavy (non-hydrogen) atoms. The fourth-order valence-corrected chi connectivity index (χ4v) is 6.21. The molecule has 1 unspecified atom stereocenters. The first-order valence-corrected chi connectivity index (χ1v) is 15.9. The van der Waals surface area contributed by atoms with Crippen LogP contribution < -0.4 is 16.0 Å². The Bertz CT molecular complexity index is 1780. The predicted molar refractivity (Wildman–Crippen MR) is 181 cm³/mol. The molecule has 10 heteroatoms. The molecule has 1 atom stereocenters. The molecule has 0 fully saturated rings. The molecule has 0 aliphatic rings. The molecule has 1 aromatic heterocycles. The zero-order chi connectivity index (χ0) is 30.9. The Labute approximate surface area is 273 Å². The van der Waals surface area contributed by atoms with Crippen LogP contribution in [0.2, 0.25) is 10.0 Å². The number of hydrogen-bond donors (Lipinski definition) is 3. The van der Waals surface area contributed by atoms with Crippen molar-refractivity contribution in [1.29, 1.82) is 0 Å². The molecule has 0 aliphatic carbocycles. The van der Waals surface area contributed by atoms with E-state index in [9.17, 15) is 14.4 Å². The van der Waals surface area contributed by atoms with Crippen LogP contribution in [0.4, 0.5) is 11.4 Å². The summed E-state index contributed by atoms with van der Waals surface area (Å²) in [6.07, 6.45) is 1.63. The molecule has 0 spiro atoms. The van der Waals surface area contributed by atoms with Crippen molar-refractivity contribution in [3.8, 4) is 0 Å². The van der Waals surface area contributed by atoms with E-state index < -0.39 is 11.2 Å². The quantitative estimate of drug-likeness (QED) is 0.103. The number of thioether (sulfide) groups is 1. The average Bonchev–Trinajstić information content (AvgIpc) is 3.55. The van der Waals surface area contributed by atoms with E-state index in [1.807, 2.05) is 65.4 Å².